The maximum absolute atomic E-state index is 2.40. The molecule has 2 aromatic carbocycles. The second kappa shape index (κ2) is 4.61. The fourth-order valence-electron chi connectivity index (χ4n) is 2.88. The van der Waals surface area contributed by atoms with Crippen molar-refractivity contribution in [2.75, 3.05) is 0 Å². The first-order valence-electron chi connectivity index (χ1n) is 6.91. The molecule has 0 aromatic heterocycles. The average Bonchev–Trinajstić information content (AvgIpc) is 2.41. The van der Waals surface area contributed by atoms with E-state index in [4.69, 9.17) is 0 Å². The third kappa shape index (κ3) is 2.08. The van der Waals surface area contributed by atoms with Crippen molar-refractivity contribution < 1.29 is 0 Å². The quantitative estimate of drug-likeness (QED) is 0.600. The van der Waals surface area contributed by atoms with Gasteiger partial charge in [0.15, 0.2) is 0 Å². The third-order valence-electron chi connectivity index (χ3n) is 4.37. The Hall–Kier alpha value is -1.56. The Morgan fingerprint density at radius 1 is 0.889 bits per heavy atom. The normalized spacial score (nSPS) is 27.6. The zero-order chi connectivity index (χ0) is 12.5. The van der Waals surface area contributed by atoms with E-state index in [1.54, 1.807) is 0 Å². The molecule has 0 saturated heterocycles. The number of fused-ring (bicyclic) bond motifs is 1. The lowest BCUT2D eigenvalue weighted by molar-refractivity contribution is 0.390. The topological polar surface area (TPSA) is 0 Å². The zero-order valence-corrected chi connectivity index (χ0v) is 11.1. The van der Waals surface area contributed by atoms with Crippen molar-refractivity contribution in [3.8, 4) is 0 Å². The molecular formula is C18H20. The maximum atomic E-state index is 2.40. The van der Waals surface area contributed by atoms with Gasteiger partial charge in [-0.2, -0.15) is 0 Å². The standard InChI is InChI=1S/C18H20/c1-13-7-8-17(11-14(13)2)18-10-9-15-5-3-4-6-16(15)12-18/h3-10,12-14,17H,11H2,1-2H3. The van der Waals surface area contributed by atoms with Crippen molar-refractivity contribution in [1.29, 1.82) is 0 Å². The smallest absolute Gasteiger partial charge is 0.00210 e. The van der Waals surface area contributed by atoms with Gasteiger partial charge in [-0.05, 0) is 34.6 Å². The van der Waals surface area contributed by atoms with Crippen molar-refractivity contribution in [3.63, 3.8) is 0 Å². The van der Waals surface area contributed by atoms with Crippen molar-refractivity contribution >= 4 is 10.8 Å². The molecule has 3 atom stereocenters. The summed E-state index contributed by atoms with van der Waals surface area (Å²) in [6.07, 6.45) is 6.05. The molecule has 18 heavy (non-hydrogen) atoms. The Morgan fingerprint density at radius 2 is 1.67 bits per heavy atom. The van der Waals surface area contributed by atoms with Gasteiger partial charge >= 0.3 is 0 Å². The minimum Gasteiger partial charge on any atom is -0.0848 e. The predicted octanol–water partition coefficient (Wildman–Crippen LogP) is 5.16. The van der Waals surface area contributed by atoms with Crippen molar-refractivity contribution in [2.24, 2.45) is 11.8 Å². The summed E-state index contributed by atoms with van der Waals surface area (Å²) in [5.74, 6) is 2.11. The Balaban J connectivity index is 1.97. The SMILES string of the molecule is CC1C=CC(c2ccc3ccccc3c2)CC1C. The molecular weight excluding hydrogens is 216 g/mol. The molecule has 3 unspecified atom stereocenters. The molecule has 0 N–H and O–H groups in total. The van der Waals surface area contributed by atoms with E-state index in [1.165, 1.54) is 22.8 Å². The molecule has 0 radical (unpaired) electrons. The van der Waals surface area contributed by atoms with Crippen LogP contribution in [0.15, 0.2) is 54.6 Å². The third-order valence-corrected chi connectivity index (χ3v) is 4.37. The molecule has 0 nitrogen and oxygen atoms in total. The summed E-state index contributed by atoms with van der Waals surface area (Å²) in [7, 11) is 0. The molecule has 92 valence electrons. The van der Waals surface area contributed by atoms with E-state index in [1.807, 2.05) is 0 Å². The van der Waals surface area contributed by atoms with Gasteiger partial charge in [-0.25, -0.2) is 0 Å². The van der Waals surface area contributed by atoms with Gasteiger partial charge in [0.25, 0.3) is 0 Å². The highest BCUT2D eigenvalue weighted by atomic mass is 14.3. The highest BCUT2D eigenvalue weighted by Crippen LogP contribution is 2.35. The van der Waals surface area contributed by atoms with Gasteiger partial charge in [0, 0.05) is 5.92 Å². The van der Waals surface area contributed by atoms with Gasteiger partial charge in [0.05, 0.1) is 0 Å². The molecule has 1 aliphatic carbocycles. The molecule has 0 aliphatic heterocycles. The minimum absolute atomic E-state index is 0.598. The van der Waals surface area contributed by atoms with Crippen molar-refractivity contribution in [3.05, 3.63) is 60.2 Å². The van der Waals surface area contributed by atoms with Gasteiger partial charge in [0.2, 0.25) is 0 Å². The Morgan fingerprint density at radius 3 is 2.44 bits per heavy atom. The first kappa shape index (κ1) is 11.5. The lowest BCUT2D eigenvalue weighted by atomic mass is 9.78. The molecule has 0 fully saturated rings. The molecule has 2 aromatic rings. The lowest BCUT2D eigenvalue weighted by Gasteiger charge is -2.27. The van der Waals surface area contributed by atoms with Crippen LogP contribution in [0, 0.1) is 11.8 Å². The number of benzene rings is 2. The molecule has 0 heteroatoms. The Kier molecular flexibility index (Phi) is 2.95. The highest BCUT2D eigenvalue weighted by Gasteiger charge is 2.20. The number of hydrogen-bond acceptors (Lipinski definition) is 0. The largest absolute Gasteiger partial charge is 0.0848 e. The second-order valence-electron chi connectivity index (χ2n) is 5.67. The van der Waals surface area contributed by atoms with E-state index in [0.717, 1.165) is 11.8 Å². The summed E-state index contributed by atoms with van der Waals surface area (Å²) in [5.41, 5.74) is 1.46. The van der Waals surface area contributed by atoms with Crippen molar-refractivity contribution in [1.82, 2.24) is 0 Å². The lowest BCUT2D eigenvalue weighted by Crippen LogP contribution is -2.14. The maximum Gasteiger partial charge on any atom is 0.00210 e. The average molecular weight is 236 g/mol. The van der Waals surface area contributed by atoms with Gasteiger partial charge < -0.3 is 0 Å². The van der Waals surface area contributed by atoms with E-state index in [0.29, 0.717) is 5.92 Å². The van der Waals surface area contributed by atoms with Crippen LogP contribution in [-0.2, 0) is 0 Å². The van der Waals surface area contributed by atoms with Gasteiger partial charge in [-0.3, -0.25) is 0 Å². The van der Waals surface area contributed by atoms with Crippen LogP contribution in [0.5, 0.6) is 0 Å². The van der Waals surface area contributed by atoms with Crippen LogP contribution in [0.1, 0.15) is 31.7 Å². The molecule has 0 spiro atoms. The van der Waals surface area contributed by atoms with Gasteiger partial charge in [-0.15, -0.1) is 0 Å². The van der Waals surface area contributed by atoms with Crippen molar-refractivity contribution in [2.45, 2.75) is 26.2 Å². The fourth-order valence-corrected chi connectivity index (χ4v) is 2.88. The van der Waals surface area contributed by atoms with Crippen LogP contribution in [-0.4, -0.2) is 0 Å². The van der Waals surface area contributed by atoms with E-state index in [9.17, 15) is 0 Å². The van der Waals surface area contributed by atoms with E-state index in [-0.39, 0.29) is 0 Å². The van der Waals surface area contributed by atoms with E-state index >= 15 is 0 Å². The van der Waals surface area contributed by atoms with Gasteiger partial charge in [0.1, 0.15) is 0 Å². The molecule has 0 amide bonds. The highest BCUT2D eigenvalue weighted by molar-refractivity contribution is 5.83. The summed E-state index contributed by atoms with van der Waals surface area (Å²) in [6, 6.07) is 15.5. The van der Waals surface area contributed by atoms with Crippen LogP contribution >= 0.6 is 0 Å². The summed E-state index contributed by atoms with van der Waals surface area (Å²) in [5, 5.41) is 2.69. The van der Waals surface area contributed by atoms with E-state index < -0.39 is 0 Å². The first-order chi connectivity index (χ1) is 8.74. The Bertz CT molecular complexity index is 579. The van der Waals surface area contributed by atoms with Crippen LogP contribution < -0.4 is 0 Å². The van der Waals surface area contributed by atoms with Crippen LogP contribution in [0.4, 0.5) is 0 Å². The number of hydrogen-bond donors (Lipinski definition) is 0. The Labute approximate surface area is 109 Å². The number of rotatable bonds is 1. The summed E-state index contributed by atoms with van der Waals surface area (Å²) in [6.45, 7) is 4.68. The molecule has 0 bridgehead atoms. The second-order valence-corrected chi connectivity index (χ2v) is 5.67. The predicted molar refractivity (Wildman–Crippen MR) is 78.8 cm³/mol. The van der Waals surface area contributed by atoms with Crippen LogP contribution in [0.2, 0.25) is 0 Å². The zero-order valence-electron chi connectivity index (χ0n) is 11.1. The summed E-state index contributed by atoms with van der Waals surface area (Å²) >= 11 is 0. The first-order valence-corrected chi connectivity index (χ1v) is 6.91. The minimum atomic E-state index is 0.598. The van der Waals surface area contributed by atoms with Crippen LogP contribution in [0.3, 0.4) is 0 Å². The van der Waals surface area contributed by atoms with Gasteiger partial charge in [-0.1, -0.05) is 68.5 Å². The monoisotopic (exact) mass is 236 g/mol. The summed E-state index contributed by atoms with van der Waals surface area (Å²) < 4.78 is 0. The summed E-state index contributed by atoms with van der Waals surface area (Å²) in [4.78, 5) is 0. The molecule has 0 heterocycles. The molecule has 3 rings (SSSR count). The fraction of sp³-hybridized carbons (Fsp3) is 0.333. The van der Waals surface area contributed by atoms with Crippen LogP contribution in [0.25, 0.3) is 10.8 Å². The molecule has 0 saturated carbocycles. The van der Waals surface area contributed by atoms with E-state index in [2.05, 4.69) is 68.5 Å². The molecule has 1 aliphatic rings. The number of allylic oxidation sites excluding steroid dienone is 2.